The minimum atomic E-state index is -2.74. The monoisotopic (exact) mass is 648 g/mol. The second-order valence-corrected chi connectivity index (χ2v) is 14.4. The van der Waals surface area contributed by atoms with Crippen molar-refractivity contribution in [2.24, 2.45) is 7.05 Å². The lowest BCUT2D eigenvalue weighted by atomic mass is 10.1. The van der Waals surface area contributed by atoms with Crippen molar-refractivity contribution < 1.29 is 9.30 Å². The van der Waals surface area contributed by atoms with Crippen LogP contribution in [0.3, 0.4) is 0 Å². The van der Waals surface area contributed by atoms with Crippen molar-refractivity contribution in [2.45, 2.75) is 6.92 Å². The van der Waals surface area contributed by atoms with Crippen LogP contribution in [-0.4, -0.2) is 74.3 Å². The lowest BCUT2D eigenvalue weighted by Gasteiger charge is -2.30. The van der Waals surface area contributed by atoms with Gasteiger partial charge in [0.1, 0.15) is 24.3 Å². The molecule has 1 aromatic carbocycles. The van der Waals surface area contributed by atoms with Crippen molar-refractivity contribution >= 4 is 68.4 Å². The van der Waals surface area contributed by atoms with Crippen LogP contribution in [0.15, 0.2) is 53.7 Å². The fourth-order valence-corrected chi connectivity index (χ4v) is 6.62. The van der Waals surface area contributed by atoms with Crippen molar-refractivity contribution in [3.05, 3.63) is 59.3 Å². The van der Waals surface area contributed by atoms with Crippen LogP contribution in [0.4, 0.5) is 29.0 Å². The van der Waals surface area contributed by atoms with Crippen LogP contribution in [0.5, 0.6) is 0 Å². The summed E-state index contributed by atoms with van der Waals surface area (Å²) in [6, 6.07) is 5.77. The molecule has 0 saturated carbocycles. The van der Waals surface area contributed by atoms with Gasteiger partial charge in [0.2, 0.25) is 5.95 Å². The number of ether oxygens (including phenoxy) is 1. The smallest absolute Gasteiger partial charge is 0.229 e. The summed E-state index contributed by atoms with van der Waals surface area (Å²) in [6.07, 6.45) is 8.71. The summed E-state index contributed by atoms with van der Waals surface area (Å²) in [7, 11) is -0.847. The van der Waals surface area contributed by atoms with Gasteiger partial charge in [-0.25, -0.2) is 9.97 Å². The quantitative estimate of drug-likeness (QED) is 0.234. The maximum atomic E-state index is 13.4. The molecule has 42 heavy (non-hydrogen) atoms. The molecular formula is C28H30BrN10O2P. The van der Waals surface area contributed by atoms with Crippen molar-refractivity contribution in [2.75, 3.05) is 55.2 Å². The molecule has 5 heterocycles. The zero-order chi connectivity index (χ0) is 29.4. The number of anilines is 5. The van der Waals surface area contributed by atoms with E-state index in [2.05, 4.69) is 57.6 Å². The molecule has 1 fully saturated rings. The summed E-state index contributed by atoms with van der Waals surface area (Å²) >= 11 is 3.56. The molecule has 0 unspecified atom stereocenters. The number of pyridine rings is 1. The number of aromatic nitrogens is 7. The first-order valence-electron chi connectivity index (χ1n) is 13.4. The molecule has 6 rings (SSSR count). The van der Waals surface area contributed by atoms with E-state index in [0.29, 0.717) is 51.5 Å². The van der Waals surface area contributed by atoms with Gasteiger partial charge >= 0.3 is 0 Å². The highest BCUT2D eigenvalue weighted by Crippen LogP contribution is 2.41. The molecule has 0 radical (unpaired) electrons. The van der Waals surface area contributed by atoms with Gasteiger partial charge in [-0.1, -0.05) is 0 Å². The third-order valence-electron chi connectivity index (χ3n) is 6.92. The van der Waals surface area contributed by atoms with Crippen molar-refractivity contribution in [1.82, 2.24) is 34.7 Å². The number of aryl methyl sites for hydroxylation is 2. The first kappa shape index (κ1) is 28.2. The Morgan fingerprint density at radius 2 is 1.79 bits per heavy atom. The molecule has 1 saturated heterocycles. The molecule has 0 amide bonds. The molecule has 2 N–H and O–H groups in total. The molecule has 216 valence electrons. The average Bonchev–Trinajstić information content (AvgIpc) is 3.41. The Hall–Kier alpha value is -3.93. The Labute approximate surface area is 251 Å². The van der Waals surface area contributed by atoms with E-state index in [1.165, 1.54) is 0 Å². The zero-order valence-corrected chi connectivity index (χ0v) is 26.1. The molecule has 1 aliphatic heterocycles. The minimum absolute atomic E-state index is 0.375. The number of morpholine rings is 1. The summed E-state index contributed by atoms with van der Waals surface area (Å²) in [6.45, 7) is 8.25. The Morgan fingerprint density at radius 1 is 1.00 bits per heavy atom. The number of rotatable bonds is 7. The fraction of sp³-hybridized carbons (Fsp3) is 0.286. The maximum absolute atomic E-state index is 13.4. The first-order valence-corrected chi connectivity index (χ1v) is 16.8. The molecule has 12 nitrogen and oxygen atoms in total. The molecule has 1 aliphatic rings. The molecule has 0 bridgehead atoms. The van der Waals surface area contributed by atoms with E-state index in [1.807, 2.05) is 38.5 Å². The summed E-state index contributed by atoms with van der Waals surface area (Å²) < 4.78 is 21.4. The molecule has 14 heteroatoms. The largest absolute Gasteiger partial charge is 0.378 e. The zero-order valence-electron chi connectivity index (χ0n) is 23.7. The minimum Gasteiger partial charge on any atom is -0.378 e. The van der Waals surface area contributed by atoms with E-state index in [0.717, 1.165) is 41.4 Å². The van der Waals surface area contributed by atoms with Crippen LogP contribution in [-0.2, 0) is 16.3 Å². The molecular weight excluding hydrogens is 619 g/mol. The van der Waals surface area contributed by atoms with Gasteiger partial charge in [-0.3, -0.25) is 14.6 Å². The van der Waals surface area contributed by atoms with E-state index < -0.39 is 7.14 Å². The number of benzene rings is 1. The predicted octanol–water partition coefficient (Wildman–Crippen LogP) is 4.86. The standard InChI is InChI=1S/C28H30BrN10O2P/c1-17-23(13-19(18-14-33-38(2)16-18)27(34-17)39-9-11-41-12-10-39)36-28-32-15-20(29)26(37-28)35-22-6-5-21-24(31-8-7-30-21)25(22)42(3,4)40/h5-8,13-16H,9-12H2,1-4H3,(H2,32,35,36,37). The van der Waals surface area contributed by atoms with Gasteiger partial charge in [0.15, 0.2) is 0 Å². The van der Waals surface area contributed by atoms with Gasteiger partial charge < -0.3 is 24.8 Å². The molecule has 0 atom stereocenters. The van der Waals surface area contributed by atoms with Gasteiger partial charge in [0, 0.05) is 56.1 Å². The predicted molar refractivity (Wildman–Crippen MR) is 169 cm³/mol. The first-order chi connectivity index (χ1) is 20.2. The number of nitrogens with one attached hydrogen (secondary N) is 2. The maximum Gasteiger partial charge on any atom is 0.229 e. The van der Waals surface area contributed by atoms with Crippen LogP contribution >= 0.6 is 23.1 Å². The molecule has 4 aromatic heterocycles. The topological polar surface area (TPSA) is 136 Å². The van der Waals surface area contributed by atoms with E-state index >= 15 is 0 Å². The van der Waals surface area contributed by atoms with Gasteiger partial charge in [-0.15, -0.1) is 0 Å². The van der Waals surface area contributed by atoms with Crippen LogP contribution < -0.4 is 20.8 Å². The second kappa shape index (κ2) is 11.4. The second-order valence-electron chi connectivity index (χ2n) is 10.4. The fourth-order valence-electron chi connectivity index (χ4n) is 4.94. The van der Waals surface area contributed by atoms with Crippen LogP contribution in [0.1, 0.15) is 5.69 Å². The van der Waals surface area contributed by atoms with Crippen molar-refractivity contribution in [3.63, 3.8) is 0 Å². The Balaban J connectivity index is 1.36. The van der Waals surface area contributed by atoms with Crippen molar-refractivity contribution in [1.29, 1.82) is 0 Å². The molecule has 5 aromatic rings. The molecule has 0 aliphatic carbocycles. The highest BCUT2D eigenvalue weighted by Gasteiger charge is 2.23. The summed E-state index contributed by atoms with van der Waals surface area (Å²) in [4.78, 5) is 25.3. The van der Waals surface area contributed by atoms with Gasteiger partial charge in [-0.2, -0.15) is 10.1 Å². The number of nitrogens with zero attached hydrogens (tertiary/aromatic N) is 8. The van der Waals surface area contributed by atoms with Crippen LogP contribution in [0.25, 0.3) is 22.2 Å². The van der Waals surface area contributed by atoms with E-state index in [1.54, 1.807) is 36.6 Å². The SMILES string of the molecule is Cc1nc(N2CCOCC2)c(-c2cnn(C)c2)cc1Nc1ncc(Br)c(Nc2ccc3nccnc3c2P(C)(C)=O)n1. The lowest BCUT2D eigenvalue weighted by Crippen LogP contribution is -2.37. The number of hydrogen-bond acceptors (Lipinski definition) is 11. The van der Waals surface area contributed by atoms with Gasteiger partial charge in [-0.05, 0) is 54.4 Å². The van der Waals surface area contributed by atoms with E-state index in [9.17, 15) is 4.57 Å². The van der Waals surface area contributed by atoms with E-state index in [4.69, 9.17) is 14.7 Å². The summed E-state index contributed by atoms with van der Waals surface area (Å²) in [5.41, 5.74) is 5.42. The third-order valence-corrected chi connectivity index (χ3v) is 9.03. The summed E-state index contributed by atoms with van der Waals surface area (Å²) in [5.74, 6) is 1.78. The van der Waals surface area contributed by atoms with Gasteiger partial charge in [0.25, 0.3) is 0 Å². The third kappa shape index (κ3) is 5.72. The van der Waals surface area contributed by atoms with Gasteiger partial charge in [0.05, 0.1) is 51.8 Å². The van der Waals surface area contributed by atoms with E-state index in [-0.39, 0.29) is 0 Å². The highest BCUT2D eigenvalue weighted by atomic mass is 79.9. The molecule has 0 spiro atoms. The highest BCUT2D eigenvalue weighted by molar-refractivity contribution is 9.10. The Morgan fingerprint density at radius 3 is 2.52 bits per heavy atom. The van der Waals surface area contributed by atoms with Crippen LogP contribution in [0.2, 0.25) is 0 Å². The average molecular weight is 649 g/mol. The number of hydrogen-bond donors (Lipinski definition) is 2. The van der Waals surface area contributed by atoms with Crippen LogP contribution in [0, 0.1) is 6.92 Å². The number of halogens is 1. The summed E-state index contributed by atoms with van der Waals surface area (Å²) in [5, 5.41) is 11.7. The Kier molecular flexibility index (Phi) is 7.65. The lowest BCUT2D eigenvalue weighted by molar-refractivity contribution is 0.122. The van der Waals surface area contributed by atoms with Crippen molar-refractivity contribution in [3.8, 4) is 11.1 Å². The number of fused-ring (bicyclic) bond motifs is 1. The normalized spacial score (nSPS) is 13.9. The Bertz CT molecular complexity index is 1830.